The second kappa shape index (κ2) is 10.6. The molecule has 2 aromatic rings. The molecule has 3 rings (SSSR count). The maximum atomic E-state index is 12.3. The molecule has 162 valence electrons. The highest BCUT2D eigenvalue weighted by atomic mass is 16.5. The number of hydrogen-bond donors (Lipinski definition) is 2. The van der Waals surface area contributed by atoms with Gasteiger partial charge in [0.2, 0.25) is 0 Å². The molecule has 0 aromatic heterocycles. The number of carboxylic acid groups (broad SMARTS) is 1. The van der Waals surface area contributed by atoms with E-state index in [4.69, 9.17) is 10.00 Å². The van der Waals surface area contributed by atoms with E-state index >= 15 is 0 Å². The van der Waals surface area contributed by atoms with Crippen LogP contribution in [0.4, 0.5) is 4.79 Å². The van der Waals surface area contributed by atoms with Crippen LogP contribution in [-0.4, -0.2) is 54.9 Å². The van der Waals surface area contributed by atoms with Gasteiger partial charge in [-0.3, -0.25) is 0 Å². The number of carbonyl (C=O) groups excluding carboxylic acids is 1. The topological polar surface area (TPSA) is 103 Å². The van der Waals surface area contributed by atoms with Crippen molar-refractivity contribution in [3.05, 3.63) is 59.7 Å². The van der Waals surface area contributed by atoms with Crippen molar-refractivity contribution in [3.63, 3.8) is 0 Å². The number of alkyl carbamates (subject to hydrolysis) is 1. The molecule has 0 unspecified atom stereocenters. The third-order valence-corrected chi connectivity index (χ3v) is 5.57. The summed E-state index contributed by atoms with van der Waals surface area (Å²) in [7, 11) is 1.88. The minimum atomic E-state index is -1.09. The molecule has 0 aliphatic heterocycles. The zero-order valence-electron chi connectivity index (χ0n) is 17.6. The van der Waals surface area contributed by atoms with Gasteiger partial charge in [0.05, 0.1) is 6.07 Å². The molecule has 0 fully saturated rings. The molecule has 1 amide bonds. The molecule has 1 atom stereocenters. The summed E-state index contributed by atoms with van der Waals surface area (Å²) in [5, 5.41) is 20.5. The summed E-state index contributed by atoms with van der Waals surface area (Å²) in [5.74, 6) is -1.16. The number of rotatable bonds is 10. The van der Waals surface area contributed by atoms with Crippen molar-refractivity contribution < 1.29 is 19.4 Å². The van der Waals surface area contributed by atoms with Gasteiger partial charge in [0, 0.05) is 18.9 Å². The van der Waals surface area contributed by atoms with Gasteiger partial charge in [-0.2, -0.15) is 5.26 Å². The smallest absolute Gasteiger partial charge is 0.407 e. The van der Waals surface area contributed by atoms with Crippen LogP contribution in [-0.2, 0) is 9.53 Å². The van der Waals surface area contributed by atoms with E-state index in [2.05, 4.69) is 23.5 Å². The van der Waals surface area contributed by atoms with Crippen LogP contribution in [0.1, 0.15) is 36.3 Å². The first-order valence-corrected chi connectivity index (χ1v) is 10.4. The lowest BCUT2D eigenvalue weighted by molar-refractivity contribution is -0.139. The van der Waals surface area contributed by atoms with Crippen LogP contribution in [0.15, 0.2) is 48.5 Å². The van der Waals surface area contributed by atoms with Gasteiger partial charge in [0.15, 0.2) is 0 Å². The van der Waals surface area contributed by atoms with Gasteiger partial charge in [-0.05, 0) is 48.7 Å². The summed E-state index contributed by atoms with van der Waals surface area (Å²) < 4.78 is 5.44. The van der Waals surface area contributed by atoms with Gasteiger partial charge in [-0.15, -0.1) is 0 Å². The minimum Gasteiger partial charge on any atom is -0.480 e. The fourth-order valence-corrected chi connectivity index (χ4v) is 3.96. The lowest BCUT2D eigenvalue weighted by Crippen LogP contribution is -2.41. The first kappa shape index (κ1) is 22.3. The van der Waals surface area contributed by atoms with Crippen LogP contribution < -0.4 is 5.32 Å². The van der Waals surface area contributed by atoms with Crippen LogP contribution in [0.2, 0.25) is 0 Å². The number of carbonyl (C=O) groups is 2. The van der Waals surface area contributed by atoms with Crippen molar-refractivity contribution in [2.45, 2.75) is 31.2 Å². The van der Waals surface area contributed by atoms with Gasteiger partial charge in [0.25, 0.3) is 0 Å². The van der Waals surface area contributed by atoms with Gasteiger partial charge >= 0.3 is 12.1 Å². The molecule has 2 N–H and O–H groups in total. The largest absolute Gasteiger partial charge is 0.480 e. The number of fused-ring (bicyclic) bond motifs is 3. The van der Waals surface area contributed by atoms with Crippen LogP contribution in [0.3, 0.4) is 0 Å². The maximum Gasteiger partial charge on any atom is 0.407 e. The average Bonchev–Trinajstić information content (AvgIpc) is 3.09. The van der Waals surface area contributed by atoms with Crippen LogP contribution in [0.25, 0.3) is 11.1 Å². The Balaban J connectivity index is 1.54. The third-order valence-electron chi connectivity index (χ3n) is 5.57. The van der Waals surface area contributed by atoms with Gasteiger partial charge in [-0.1, -0.05) is 48.5 Å². The predicted octanol–water partition coefficient (Wildman–Crippen LogP) is 3.60. The lowest BCUT2D eigenvalue weighted by atomic mass is 9.98. The number of carboxylic acids is 1. The highest BCUT2D eigenvalue weighted by Crippen LogP contribution is 2.44. The molecule has 0 radical (unpaired) electrons. The van der Waals surface area contributed by atoms with E-state index in [0.29, 0.717) is 25.9 Å². The van der Waals surface area contributed by atoms with Gasteiger partial charge in [-0.25, -0.2) is 9.59 Å². The molecule has 0 saturated carbocycles. The van der Waals surface area contributed by atoms with E-state index in [9.17, 15) is 14.7 Å². The molecule has 1 aliphatic rings. The number of aliphatic carboxylic acids is 1. The molecule has 0 spiro atoms. The average molecular weight is 421 g/mol. The van der Waals surface area contributed by atoms with E-state index in [1.54, 1.807) is 0 Å². The minimum absolute atomic E-state index is 0.0739. The van der Waals surface area contributed by atoms with Crippen LogP contribution in [0.5, 0.6) is 0 Å². The quantitative estimate of drug-likeness (QED) is 0.608. The third kappa shape index (κ3) is 5.62. The SMILES string of the molecule is CN(CCC#N)CCC[C@H](NC(=O)OCC1c2ccccc2-c2ccccc21)C(=O)O. The first-order chi connectivity index (χ1) is 15.0. The molecule has 0 heterocycles. The second-order valence-electron chi connectivity index (χ2n) is 7.71. The Morgan fingerprint density at radius 2 is 1.74 bits per heavy atom. The first-order valence-electron chi connectivity index (χ1n) is 10.4. The molecule has 1 aliphatic carbocycles. The predicted molar refractivity (Wildman–Crippen MR) is 117 cm³/mol. The summed E-state index contributed by atoms with van der Waals surface area (Å²) >= 11 is 0. The fraction of sp³-hybridized carbons (Fsp3) is 0.375. The zero-order chi connectivity index (χ0) is 22.2. The summed E-state index contributed by atoms with van der Waals surface area (Å²) in [4.78, 5) is 25.8. The monoisotopic (exact) mass is 421 g/mol. The van der Waals surface area contributed by atoms with E-state index in [-0.39, 0.29) is 18.9 Å². The Bertz CT molecular complexity index is 924. The summed E-state index contributed by atoms with van der Waals surface area (Å²) in [5.41, 5.74) is 4.48. The number of hydrogen-bond acceptors (Lipinski definition) is 5. The van der Waals surface area contributed by atoms with Crippen molar-refractivity contribution in [2.24, 2.45) is 0 Å². The second-order valence-corrected chi connectivity index (χ2v) is 7.71. The zero-order valence-corrected chi connectivity index (χ0v) is 17.6. The van der Waals surface area contributed by atoms with E-state index in [1.807, 2.05) is 48.3 Å². The standard InChI is InChI=1S/C24H27N3O4/c1-27(15-7-13-25)14-6-12-22(23(28)29)26-24(30)31-16-21-19-10-4-2-8-17(19)18-9-3-5-11-20(18)21/h2-5,8-11,21-22H,6-7,12,14-16H2,1H3,(H,26,30)(H,28,29)/t22-/m0/s1. The molecule has 31 heavy (non-hydrogen) atoms. The summed E-state index contributed by atoms with van der Waals surface area (Å²) in [6.45, 7) is 1.43. The molecule has 7 nitrogen and oxygen atoms in total. The molecular weight excluding hydrogens is 394 g/mol. The number of amides is 1. The number of nitrogens with zero attached hydrogens (tertiary/aromatic N) is 2. The Hall–Kier alpha value is -3.37. The van der Waals surface area contributed by atoms with Gasteiger partial charge < -0.3 is 20.1 Å². The molecular formula is C24H27N3O4. The maximum absolute atomic E-state index is 12.3. The van der Waals surface area contributed by atoms with Crippen LogP contribution in [0, 0.1) is 11.3 Å². The Morgan fingerprint density at radius 3 is 2.32 bits per heavy atom. The summed E-state index contributed by atoms with van der Waals surface area (Å²) in [6, 6.07) is 17.2. The van der Waals surface area contributed by atoms with Gasteiger partial charge in [0.1, 0.15) is 12.6 Å². The summed E-state index contributed by atoms with van der Waals surface area (Å²) in [6.07, 6.45) is 0.572. The molecule has 7 heteroatoms. The molecule has 0 saturated heterocycles. The fourth-order valence-electron chi connectivity index (χ4n) is 3.96. The number of nitrogens with one attached hydrogen (secondary N) is 1. The van der Waals surface area contributed by atoms with E-state index < -0.39 is 18.1 Å². The normalized spacial score (nSPS) is 13.2. The van der Waals surface area contributed by atoms with Crippen molar-refractivity contribution in [2.75, 3.05) is 26.7 Å². The molecule has 0 bridgehead atoms. The van der Waals surface area contributed by atoms with Crippen LogP contribution >= 0.6 is 0 Å². The molecule has 2 aromatic carbocycles. The van der Waals surface area contributed by atoms with Crippen molar-refractivity contribution in [1.82, 2.24) is 10.2 Å². The van der Waals surface area contributed by atoms with Crippen molar-refractivity contribution in [1.29, 1.82) is 5.26 Å². The number of nitriles is 1. The highest BCUT2D eigenvalue weighted by Gasteiger charge is 2.29. The highest BCUT2D eigenvalue weighted by molar-refractivity contribution is 5.81. The van der Waals surface area contributed by atoms with E-state index in [1.165, 1.54) is 0 Å². The number of benzene rings is 2. The lowest BCUT2D eigenvalue weighted by Gasteiger charge is -2.19. The van der Waals surface area contributed by atoms with E-state index in [0.717, 1.165) is 22.3 Å². The Labute approximate surface area is 182 Å². The Morgan fingerprint density at radius 1 is 1.13 bits per heavy atom. The number of ether oxygens (including phenoxy) is 1. The Kier molecular flexibility index (Phi) is 7.63. The van der Waals surface area contributed by atoms with Crippen molar-refractivity contribution >= 4 is 12.1 Å². The van der Waals surface area contributed by atoms with Crippen molar-refractivity contribution in [3.8, 4) is 17.2 Å².